The molecule has 2 aromatic carbocycles. The highest BCUT2D eigenvalue weighted by atomic mass is 35.5. The molecule has 0 fully saturated rings. The number of aromatic nitrogens is 2. The second kappa shape index (κ2) is 8.79. The molecule has 0 saturated carbocycles. The molecule has 1 aromatic heterocycles. The number of hydrogen-bond acceptors (Lipinski definition) is 5. The molecule has 0 spiro atoms. The minimum absolute atomic E-state index is 0.0940. The average molecular weight is 427 g/mol. The van der Waals surface area contributed by atoms with Crippen LogP contribution in [0.2, 0.25) is 5.02 Å². The summed E-state index contributed by atoms with van der Waals surface area (Å²) in [5.41, 5.74) is 1.97. The first-order chi connectivity index (χ1) is 14.3. The van der Waals surface area contributed by atoms with Crippen molar-refractivity contribution in [2.75, 3.05) is 0 Å². The number of halogens is 1. The van der Waals surface area contributed by atoms with Gasteiger partial charge in [0.15, 0.2) is 0 Å². The summed E-state index contributed by atoms with van der Waals surface area (Å²) in [4.78, 5) is 39.4. The fraction of sp³-hybridized carbons (Fsp3) is 0.143. The quantitative estimate of drug-likeness (QED) is 0.429. The third-order valence-corrected chi connectivity index (χ3v) is 4.81. The Morgan fingerprint density at radius 1 is 1.17 bits per heavy atom. The molecule has 1 heterocycles. The topological polar surface area (TPSA) is 117 Å². The average Bonchev–Trinajstić information content (AvgIpc) is 2.71. The second-order valence-corrected chi connectivity index (χ2v) is 6.82. The maximum atomic E-state index is 12.5. The number of H-pyrrole nitrogens is 1. The molecule has 0 saturated heterocycles. The molecule has 0 aliphatic carbocycles. The molecule has 0 radical (unpaired) electrons. The lowest BCUT2D eigenvalue weighted by Crippen LogP contribution is -2.34. The van der Waals surface area contributed by atoms with Gasteiger partial charge in [0.2, 0.25) is 5.88 Å². The Morgan fingerprint density at radius 3 is 2.50 bits per heavy atom. The van der Waals surface area contributed by atoms with Gasteiger partial charge in [0, 0.05) is 0 Å². The predicted octanol–water partition coefficient (Wildman–Crippen LogP) is 2.74. The number of benzene rings is 2. The molecular formula is C21H19ClN4O4. The van der Waals surface area contributed by atoms with Crippen LogP contribution in [0, 0.1) is 6.92 Å². The van der Waals surface area contributed by atoms with E-state index in [4.69, 9.17) is 11.6 Å². The molecule has 3 aromatic rings. The molecule has 3 rings (SSSR count). The molecule has 9 heteroatoms. The van der Waals surface area contributed by atoms with Crippen molar-refractivity contribution in [3.8, 4) is 11.6 Å². The van der Waals surface area contributed by atoms with E-state index in [1.165, 1.54) is 6.07 Å². The molecule has 3 N–H and O–H groups in total. The summed E-state index contributed by atoms with van der Waals surface area (Å²) in [5.74, 6) is -1.14. The Kier molecular flexibility index (Phi) is 6.17. The summed E-state index contributed by atoms with van der Waals surface area (Å²) in [5, 5.41) is 15.0. The number of aromatic hydroxyl groups is 1. The second-order valence-electron chi connectivity index (χ2n) is 6.41. The SMILES string of the molecule is CC/C(=N\NC(=O)c1ccccc1Cl)c1c(O)n(-c2ccccc2C)c(=O)[nH]c1=O. The lowest BCUT2D eigenvalue weighted by molar-refractivity contribution is 0.0955. The van der Waals surface area contributed by atoms with Gasteiger partial charge in [-0.3, -0.25) is 14.6 Å². The molecule has 0 aliphatic heterocycles. The summed E-state index contributed by atoms with van der Waals surface area (Å²) in [6, 6.07) is 13.3. The maximum Gasteiger partial charge on any atom is 0.335 e. The van der Waals surface area contributed by atoms with Crippen LogP contribution in [-0.4, -0.2) is 26.3 Å². The van der Waals surface area contributed by atoms with Crippen LogP contribution >= 0.6 is 11.6 Å². The minimum Gasteiger partial charge on any atom is -0.493 e. The monoisotopic (exact) mass is 426 g/mol. The van der Waals surface area contributed by atoms with Crippen LogP contribution in [-0.2, 0) is 0 Å². The highest BCUT2D eigenvalue weighted by molar-refractivity contribution is 6.33. The van der Waals surface area contributed by atoms with E-state index in [1.54, 1.807) is 56.3 Å². The Bertz CT molecular complexity index is 1260. The largest absolute Gasteiger partial charge is 0.493 e. The maximum absolute atomic E-state index is 12.5. The van der Waals surface area contributed by atoms with Crippen LogP contribution in [0.4, 0.5) is 0 Å². The first-order valence-electron chi connectivity index (χ1n) is 9.11. The number of nitrogens with zero attached hydrogens (tertiary/aromatic N) is 2. The van der Waals surface area contributed by atoms with Crippen LogP contribution in [0.3, 0.4) is 0 Å². The Labute approximate surface area is 176 Å². The van der Waals surface area contributed by atoms with Crippen LogP contribution in [0.5, 0.6) is 5.88 Å². The van der Waals surface area contributed by atoms with Gasteiger partial charge in [-0.2, -0.15) is 5.10 Å². The Morgan fingerprint density at radius 2 is 1.83 bits per heavy atom. The van der Waals surface area contributed by atoms with Crippen LogP contribution in [0.15, 0.2) is 63.2 Å². The number of hydrazone groups is 1. The highest BCUT2D eigenvalue weighted by Crippen LogP contribution is 2.20. The van der Waals surface area contributed by atoms with Gasteiger partial charge in [-0.25, -0.2) is 14.8 Å². The molecule has 0 aliphatic rings. The predicted molar refractivity (Wildman–Crippen MR) is 115 cm³/mol. The molecule has 1 amide bonds. The van der Waals surface area contributed by atoms with Crippen LogP contribution < -0.4 is 16.7 Å². The molecule has 30 heavy (non-hydrogen) atoms. The molecule has 8 nitrogen and oxygen atoms in total. The van der Waals surface area contributed by atoms with E-state index in [-0.39, 0.29) is 28.3 Å². The molecule has 0 atom stereocenters. The lowest BCUT2D eigenvalue weighted by atomic mass is 10.1. The summed E-state index contributed by atoms with van der Waals surface area (Å²) >= 11 is 6.01. The van der Waals surface area contributed by atoms with E-state index in [0.717, 1.165) is 10.1 Å². The van der Waals surface area contributed by atoms with E-state index < -0.39 is 23.0 Å². The number of aromatic amines is 1. The number of rotatable bonds is 5. The normalized spacial score (nSPS) is 11.4. The van der Waals surface area contributed by atoms with Crippen molar-refractivity contribution >= 4 is 23.2 Å². The highest BCUT2D eigenvalue weighted by Gasteiger charge is 2.20. The summed E-state index contributed by atoms with van der Waals surface area (Å²) < 4.78 is 0.993. The smallest absolute Gasteiger partial charge is 0.335 e. The first-order valence-corrected chi connectivity index (χ1v) is 9.49. The zero-order valence-corrected chi connectivity index (χ0v) is 17.0. The van der Waals surface area contributed by atoms with Crippen molar-refractivity contribution in [3.05, 3.63) is 91.1 Å². The lowest BCUT2D eigenvalue weighted by Gasteiger charge is -2.14. The van der Waals surface area contributed by atoms with Crippen LogP contribution in [0.1, 0.15) is 34.8 Å². The van der Waals surface area contributed by atoms with Crippen molar-refractivity contribution < 1.29 is 9.90 Å². The van der Waals surface area contributed by atoms with Gasteiger partial charge < -0.3 is 5.11 Å². The van der Waals surface area contributed by atoms with Gasteiger partial charge in [-0.15, -0.1) is 0 Å². The van der Waals surface area contributed by atoms with Gasteiger partial charge in [-0.05, 0) is 37.1 Å². The van der Waals surface area contributed by atoms with Crippen molar-refractivity contribution in [2.45, 2.75) is 20.3 Å². The van der Waals surface area contributed by atoms with Gasteiger partial charge in [0.05, 0.1) is 22.0 Å². The van der Waals surface area contributed by atoms with Gasteiger partial charge in [0.25, 0.3) is 11.5 Å². The van der Waals surface area contributed by atoms with Gasteiger partial charge >= 0.3 is 5.69 Å². The number of carbonyl (C=O) groups is 1. The minimum atomic E-state index is -0.810. The van der Waals surface area contributed by atoms with E-state index in [0.29, 0.717) is 5.69 Å². The number of hydrogen-bond donors (Lipinski definition) is 3. The zero-order chi connectivity index (χ0) is 21.8. The number of nitrogens with one attached hydrogen (secondary N) is 2. The third kappa shape index (κ3) is 4.04. The summed E-state index contributed by atoms with van der Waals surface area (Å²) in [7, 11) is 0. The van der Waals surface area contributed by atoms with E-state index in [9.17, 15) is 19.5 Å². The fourth-order valence-corrected chi connectivity index (χ4v) is 3.18. The van der Waals surface area contributed by atoms with Gasteiger partial charge in [0.1, 0.15) is 5.56 Å². The van der Waals surface area contributed by atoms with Crippen molar-refractivity contribution in [1.82, 2.24) is 15.0 Å². The van der Waals surface area contributed by atoms with E-state index >= 15 is 0 Å². The van der Waals surface area contributed by atoms with Crippen molar-refractivity contribution in [2.24, 2.45) is 5.10 Å². The zero-order valence-electron chi connectivity index (χ0n) is 16.3. The fourth-order valence-electron chi connectivity index (χ4n) is 2.96. The Hall–Kier alpha value is -3.65. The molecule has 0 unspecified atom stereocenters. The number of carbonyl (C=O) groups excluding carboxylic acids is 1. The van der Waals surface area contributed by atoms with Crippen molar-refractivity contribution in [3.63, 3.8) is 0 Å². The van der Waals surface area contributed by atoms with Gasteiger partial charge in [-0.1, -0.05) is 48.9 Å². The van der Waals surface area contributed by atoms with E-state index in [2.05, 4.69) is 15.5 Å². The Balaban J connectivity index is 2.08. The third-order valence-electron chi connectivity index (χ3n) is 4.48. The van der Waals surface area contributed by atoms with Crippen molar-refractivity contribution in [1.29, 1.82) is 0 Å². The molecule has 154 valence electrons. The van der Waals surface area contributed by atoms with E-state index in [1.807, 2.05) is 0 Å². The number of amides is 1. The number of aryl methyl sites for hydroxylation is 1. The summed E-state index contributed by atoms with van der Waals surface area (Å²) in [6.45, 7) is 3.47. The molecular weight excluding hydrogens is 408 g/mol. The first kappa shape index (κ1) is 21.1. The van der Waals surface area contributed by atoms with Crippen LogP contribution in [0.25, 0.3) is 5.69 Å². The molecule has 0 bridgehead atoms. The standard InChI is InChI=1S/C21H19ClN4O4/c1-3-15(24-25-18(27)13-9-5-6-10-14(13)22)17-19(28)23-21(30)26(20(17)29)16-11-7-4-8-12(16)2/h4-11,29H,3H2,1-2H3,(H,25,27)(H,23,28,30)/b24-15+. The summed E-state index contributed by atoms with van der Waals surface area (Å²) in [6.07, 6.45) is 0.200. The number of para-hydroxylation sites is 1.